The molecule has 0 aromatic heterocycles. The Hall–Kier alpha value is -0.120. The topological polar surface area (TPSA) is 24.5 Å². The fraction of sp³-hybridized carbons (Fsp3) is 1.00. The van der Waals surface area contributed by atoms with Gasteiger partial charge in [0.05, 0.1) is 6.10 Å². The summed E-state index contributed by atoms with van der Waals surface area (Å²) in [5.41, 5.74) is 0.347. The quantitative estimate of drug-likeness (QED) is 0.770. The second kappa shape index (κ2) is 8.23. The third-order valence-electron chi connectivity index (χ3n) is 4.29. The van der Waals surface area contributed by atoms with Gasteiger partial charge >= 0.3 is 0 Å². The van der Waals surface area contributed by atoms with Crippen LogP contribution in [0, 0.1) is 5.41 Å². The number of likely N-dealkylation sites (tertiary alicyclic amines) is 1. The van der Waals surface area contributed by atoms with Crippen LogP contribution in [-0.4, -0.2) is 50.3 Å². The summed E-state index contributed by atoms with van der Waals surface area (Å²) in [4.78, 5) is 2.60. The molecule has 19 heavy (non-hydrogen) atoms. The Morgan fingerprint density at radius 3 is 2.37 bits per heavy atom. The molecule has 1 N–H and O–H groups in total. The normalized spacial score (nSPS) is 20.7. The lowest BCUT2D eigenvalue weighted by molar-refractivity contribution is 0.0387. The van der Waals surface area contributed by atoms with Crippen molar-refractivity contribution in [2.24, 2.45) is 5.41 Å². The molecular formula is C16H34N2O. The van der Waals surface area contributed by atoms with E-state index in [1.165, 1.54) is 45.3 Å². The van der Waals surface area contributed by atoms with E-state index in [1.807, 2.05) is 7.11 Å². The summed E-state index contributed by atoms with van der Waals surface area (Å²) in [6.07, 6.45) is 5.35. The summed E-state index contributed by atoms with van der Waals surface area (Å²) in [7, 11) is 1.84. The number of nitrogens with one attached hydrogen (secondary N) is 1. The predicted octanol–water partition coefficient (Wildman–Crippen LogP) is 2.90. The third-order valence-corrected chi connectivity index (χ3v) is 4.29. The minimum atomic E-state index is 0.347. The van der Waals surface area contributed by atoms with Crippen LogP contribution in [0.1, 0.15) is 53.4 Å². The van der Waals surface area contributed by atoms with Gasteiger partial charge in [-0.05, 0) is 44.2 Å². The average Bonchev–Trinajstić information content (AvgIpc) is 2.38. The highest BCUT2D eigenvalue weighted by Gasteiger charge is 2.25. The number of methoxy groups -OCH3 is 1. The maximum atomic E-state index is 5.43. The van der Waals surface area contributed by atoms with E-state index in [9.17, 15) is 0 Å². The Balaban J connectivity index is 2.31. The summed E-state index contributed by atoms with van der Waals surface area (Å²) in [5.74, 6) is 0. The van der Waals surface area contributed by atoms with E-state index in [4.69, 9.17) is 4.74 Å². The van der Waals surface area contributed by atoms with Crippen molar-refractivity contribution in [3.63, 3.8) is 0 Å². The minimum absolute atomic E-state index is 0.347. The summed E-state index contributed by atoms with van der Waals surface area (Å²) in [5, 5.41) is 3.72. The zero-order valence-corrected chi connectivity index (χ0v) is 13.7. The SMILES string of the molecule is CCCNC(CCN1CCC(OC)CC1)C(C)(C)C. The van der Waals surface area contributed by atoms with Crippen LogP contribution in [0.2, 0.25) is 0 Å². The molecule has 0 spiro atoms. The molecule has 1 aliphatic heterocycles. The second-order valence-corrected chi connectivity index (χ2v) is 6.94. The molecule has 0 saturated carbocycles. The first-order valence-corrected chi connectivity index (χ1v) is 7.96. The van der Waals surface area contributed by atoms with Gasteiger partial charge in [0.1, 0.15) is 0 Å². The lowest BCUT2D eigenvalue weighted by Crippen LogP contribution is -2.44. The molecule has 3 heteroatoms. The van der Waals surface area contributed by atoms with Crippen LogP contribution in [0.15, 0.2) is 0 Å². The van der Waals surface area contributed by atoms with E-state index >= 15 is 0 Å². The Bertz CT molecular complexity index is 229. The molecule has 3 nitrogen and oxygen atoms in total. The maximum Gasteiger partial charge on any atom is 0.0595 e. The molecule has 1 heterocycles. The highest BCUT2D eigenvalue weighted by molar-refractivity contribution is 4.82. The lowest BCUT2D eigenvalue weighted by atomic mass is 9.84. The third kappa shape index (κ3) is 6.24. The average molecular weight is 270 g/mol. The number of rotatable bonds is 7. The zero-order chi connectivity index (χ0) is 14.3. The Kier molecular flexibility index (Phi) is 7.33. The largest absolute Gasteiger partial charge is 0.381 e. The van der Waals surface area contributed by atoms with Crippen molar-refractivity contribution >= 4 is 0 Å². The monoisotopic (exact) mass is 270 g/mol. The van der Waals surface area contributed by atoms with Crippen LogP contribution in [0.25, 0.3) is 0 Å². The summed E-state index contributed by atoms with van der Waals surface area (Å²) >= 11 is 0. The number of nitrogens with zero attached hydrogens (tertiary/aromatic N) is 1. The van der Waals surface area contributed by atoms with Crippen molar-refractivity contribution in [1.29, 1.82) is 0 Å². The smallest absolute Gasteiger partial charge is 0.0595 e. The van der Waals surface area contributed by atoms with Gasteiger partial charge in [0, 0.05) is 26.2 Å². The number of hydrogen-bond donors (Lipinski definition) is 1. The zero-order valence-electron chi connectivity index (χ0n) is 13.7. The van der Waals surface area contributed by atoms with E-state index in [-0.39, 0.29) is 0 Å². The standard InChI is InChI=1S/C16H34N2O/c1-6-10-17-15(16(2,3)4)9-13-18-11-7-14(19-5)8-12-18/h14-15,17H,6-13H2,1-5H3. The van der Waals surface area contributed by atoms with Crippen LogP contribution < -0.4 is 5.32 Å². The van der Waals surface area contributed by atoms with Crippen molar-refractivity contribution in [2.45, 2.75) is 65.5 Å². The molecule has 1 unspecified atom stereocenters. The molecule has 1 aliphatic rings. The van der Waals surface area contributed by atoms with Gasteiger partial charge in [-0.25, -0.2) is 0 Å². The molecule has 1 rings (SSSR count). The molecular weight excluding hydrogens is 236 g/mol. The van der Waals surface area contributed by atoms with E-state index in [1.54, 1.807) is 0 Å². The first-order chi connectivity index (χ1) is 8.97. The maximum absolute atomic E-state index is 5.43. The lowest BCUT2D eigenvalue weighted by Gasteiger charge is -2.36. The molecule has 0 radical (unpaired) electrons. The molecule has 0 aromatic rings. The van der Waals surface area contributed by atoms with E-state index < -0.39 is 0 Å². The van der Waals surface area contributed by atoms with Gasteiger partial charge in [0.25, 0.3) is 0 Å². The molecule has 0 aromatic carbocycles. The van der Waals surface area contributed by atoms with Crippen molar-refractivity contribution in [1.82, 2.24) is 10.2 Å². The van der Waals surface area contributed by atoms with Gasteiger partial charge in [-0.2, -0.15) is 0 Å². The Morgan fingerprint density at radius 2 is 1.89 bits per heavy atom. The molecule has 0 bridgehead atoms. The van der Waals surface area contributed by atoms with Gasteiger partial charge < -0.3 is 15.0 Å². The molecule has 114 valence electrons. The van der Waals surface area contributed by atoms with Crippen LogP contribution in [0.3, 0.4) is 0 Å². The predicted molar refractivity (Wildman–Crippen MR) is 82.6 cm³/mol. The Labute approximate surface area is 120 Å². The first kappa shape index (κ1) is 16.9. The highest BCUT2D eigenvalue weighted by atomic mass is 16.5. The fourth-order valence-electron chi connectivity index (χ4n) is 2.84. The Morgan fingerprint density at radius 1 is 1.26 bits per heavy atom. The van der Waals surface area contributed by atoms with E-state index in [0.717, 1.165) is 6.54 Å². The van der Waals surface area contributed by atoms with Gasteiger partial charge in [-0.1, -0.05) is 27.7 Å². The van der Waals surface area contributed by atoms with Crippen LogP contribution in [-0.2, 0) is 4.74 Å². The van der Waals surface area contributed by atoms with Gasteiger partial charge in [-0.15, -0.1) is 0 Å². The van der Waals surface area contributed by atoms with Crippen molar-refractivity contribution in [3.05, 3.63) is 0 Å². The number of piperidine rings is 1. The number of hydrogen-bond acceptors (Lipinski definition) is 3. The van der Waals surface area contributed by atoms with E-state index in [2.05, 4.69) is 37.9 Å². The van der Waals surface area contributed by atoms with Crippen molar-refractivity contribution in [3.8, 4) is 0 Å². The molecule has 1 atom stereocenters. The second-order valence-electron chi connectivity index (χ2n) is 6.94. The fourth-order valence-corrected chi connectivity index (χ4v) is 2.84. The first-order valence-electron chi connectivity index (χ1n) is 7.96. The molecule has 0 aliphatic carbocycles. The molecule has 0 amide bonds. The summed E-state index contributed by atoms with van der Waals surface area (Å²) < 4.78 is 5.43. The van der Waals surface area contributed by atoms with Crippen LogP contribution in [0.4, 0.5) is 0 Å². The van der Waals surface area contributed by atoms with Gasteiger partial charge in [-0.3, -0.25) is 0 Å². The van der Waals surface area contributed by atoms with Crippen molar-refractivity contribution in [2.75, 3.05) is 33.3 Å². The van der Waals surface area contributed by atoms with Gasteiger partial charge in [0.2, 0.25) is 0 Å². The van der Waals surface area contributed by atoms with Crippen LogP contribution >= 0.6 is 0 Å². The highest BCUT2D eigenvalue weighted by Crippen LogP contribution is 2.23. The molecule has 1 saturated heterocycles. The minimum Gasteiger partial charge on any atom is -0.381 e. The van der Waals surface area contributed by atoms with Crippen LogP contribution in [0.5, 0.6) is 0 Å². The summed E-state index contributed by atoms with van der Waals surface area (Å²) in [6, 6.07) is 0.618. The summed E-state index contributed by atoms with van der Waals surface area (Å²) in [6.45, 7) is 14.0. The van der Waals surface area contributed by atoms with E-state index in [0.29, 0.717) is 17.6 Å². The molecule has 1 fully saturated rings. The van der Waals surface area contributed by atoms with Crippen molar-refractivity contribution < 1.29 is 4.74 Å². The van der Waals surface area contributed by atoms with Gasteiger partial charge in [0.15, 0.2) is 0 Å². The number of ether oxygens (including phenoxy) is 1.